The Labute approximate surface area is 69.4 Å². The molecule has 10 heavy (non-hydrogen) atoms. The summed E-state index contributed by atoms with van der Waals surface area (Å²) in [5.74, 6) is 1.17. The highest BCUT2D eigenvalue weighted by Gasteiger charge is 1.97. The molecule has 0 bridgehead atoms. The topological polar surface area (TPSA) is 17.8 Å². The second kappa shape index (κ2) is 3.76. The van der Waals surface area contributed by atoms with Crippen LogP contribution in [0.25, 0.3) is 0 Å². The van der Waals surface area contributed by atoms with Crippen LogP contribution in [0.15, 0.2) is 12.4 Å². The van der Waals surface area contributed by atoms with Crippen LogP contribution in [0.1, 0.15) is 12.7 Å². The molecule has 2 nitrogen and oxygen atoms in total. The Balaban J connectivity index is 2.70. The molecule has 0 spiro atoms. The smallest absolute Gasteiger partial charge is 0.109 e. The van der Waals surface area contributed by atoms with Gasteiger partial charge >= 0.3 is 0 Å². The van der Waals surface area contributed by atoms with E-state index in [0.717, 1.165) is 18.3 Å². The van der Waals surface area contributed by atoms with E-state index in [1.165, 1.54) is 5.82 Å². The summed E-state index contributed by atoms with van der Waals surface area (Å²) >= 11 is 3.38. The molecule has 3 heteroatoms. The van der Waals surface area contributed by atoms with Gasteiger partial charge in [-0.05, 0) is 6.92 Å². The fraction of sp³-hybridized carbons (Fsp3) is 0.571. The molecule has 0 aliphatic rings. The van der Waals surface area contributed by atoms with Crippen molar-refractivity contribution >= 4 is 15.9 Å². The second-order valence-electron chi connectivity index (χ2n) is 2.07. The number of alkyl halides is 1. The van der Waals surface area contributed by atoms with Crippen molar-refractivity contribution in [1.29, 1.82) is 0 Å². The molecule has 0 saturated heterocycles. The zero-order valence-corrected chi connectivity index (χ0v) is 7.63. The quantitative estimate of drug-likeness (QED) is 0.685. The summed E-state index contributed by atoms with van der Waals surface area (Å²) in [5.41, 5.74) is 0. The van der Waals surface area contributed by atoms with Gasteiger partial charge in [-0.15, -0.1) is 0 Å². The normalized spacial score (nSPS) is 10.2. The number of halogens is 1. The molecule has 1 rings (SSSR count). The Hall–Kier alpha value is -0.310. The van der Waals surface area contributed by atoms with E-state index in [1.807, 2.05) is 12.4 Å². The molecular weight excluding hydrogens is 192 g/mol. The largest absolute Gasteiger partial charge is 0.335 e. The van der Waals surface area contributed by atoms with Crippen molar-refractivity contribution < 1.29 is 0 Å². The van der Waals surface area contributed by atoms with E-state index in [9.17, 15) is 0 Å². The van der Waals surface area contributed by atoms with E-state index in [2.05, 4.69) is 32.4 Å². The summed E-state index contributed by atoms with van der Waals surface area (Å²) in [6, 6.07) is 0. The van der Waals surface area contributed by atoms with Crippen LogP contribution < -0.4 is 0 Å². The number of imidazole rings is 1. The van der Waals surface area contributed by atoms with Crippen LogP contribution in [-0.4, -0.2) is 14.9 Å². The Morgan fingerprint density at radius 3 is 3.10 bits per heavy atom. The van der Waals surface area contributed by atoms with Crippen LogP contribution in [-0.2, 0) is 13.0 Å². The van der Waals surface area contributed by atoms with Gasteiger partial charge in [0.2, 0.25) is 0 Å². The number of hydrogen-bond donors (Lipinski definition) is 0. The SMILES string of the molecule is CCn1ccnc1CCBr. The first-order valence-electron chi connectivity index (χ1n) is 3.44. The van der Waals surface area contributed by atoms with Gasteiger partial charge in [-0.3, -0.25) is 0 Å². The third-order valence-electron chi connectivity index (χ3n) is 1.46. The molecular formula is C7H11BrN2. The maximum Gasteiger partial charge on any atom is 0.109 e. The Bertz CT molecular complexity index is 195. The number of rotatable bonds is 3. The summed E-state index contributed by atoms with van der Waals surface area (Å²) in [6.45, 7) is 3.14. The van der Waals surface area contributed by atoms with Crippen LogP contribution in [0.3, 0.4) is 0 Å². The van der Waals surface area contributed by atoms with Gasteiger partial charge < -0.3 is 4.57 Å². The maximum atomic E-state index is 4.21. The molecule has 0 atom stereocenters. The van der Waals surface area contributed by atoms with Crippen LogP contribution >= 0.6 is 15.9 Å². The lowest BCUT2D eigenvalue weighted by atomic mass is 10.4. The minimum Gasteiger partial charge on any atom is -0.335 e. The Morgan fingerprint density at radius 2 is 2.50 bits per heavy atom. The van der Waals surface area contributed by atoms with Crippen molar-refractivity contribution in [2.24, 2.45) is 0 Å². The van der Waals surface area contributed by atoms with E-state index < -0.39 is 0 Å². The fourth-order valence-electron chi connectivity index (χ4n) is 0.941. The molecule has 0 unspecified atom stereocenters. The zero-order chi connectivity index (χ0) is 7.40. The molecule has 0 aliphatic carbocycles. The predicted molar refractivity (Wildman–Crippen MR) is 45.4 cm³/mol. The van der Waals surface area contributed by atoms with Crippen molar-refractivity contribution in [2.75, 3.05) is 5.33 Å². The number of hydrogen-bond acceptors (Lipinski definition) is 1. The zero-order valence-electron chi connectivity index (χ0n) is 6.05. The number of aryl methyl sites for hydroxylation is 2. The van der Waals surface area contributed by atoms with E-state index >= 15 is 0 Å². The van der Waals surface area contributed by atoms with Crippen molar-refractivity contribution in [1.82, 2.24) is 9.55 Å². The highest BCUT2D eigenvalue weighted by molar-refractivity contribution is 9.09. The lowest BCUT2D eigenvalue weighted by Crippen LogP contribution is -2.00. The minimum absolute atomic E-state index is 0.990. The first-order valence-corrected chi connectivity index (χ1v) is 4.56. The molecule has 0 amide bonds. The van der Waals surface area contributed by atoms with Gasteiger partial charge in [-0.1, -0.05) is 15.9 Å². The van der Waals surface area contributed by atoms with Crippen molar-refractivity contribution in [3.8, 4) is 0 Å². The number of nitrogens with zero attached hydrogens (tertiary/aromatic N) is 2. The maximum absolute atomic E-state index is 4.21. The summed E-state index contributed by atoms with van der Waals surface area (Å²) in [5, 5.41) is 0.990. The highest BCUT2D eigenvalue weighted by Crippen LogP contribution is 1.99. The van der Waals surface area contributed by atoms with Crippen LogP contribution in [0.2, 0.25) is 0 Å². The van der Waals surface area contributed by atoms with Gasteiger partial charge in [-0.25, -0.2) is 4.98 Å². The van der Waals surface area contributed by atoms with E-state index in [1.54, 1.807) is 0 Å². The van der Waals surface area contributed by atoms with Crippen LogP contribution in [0.4, 0.5) is 0 Å². The van der Waals surface area contributed by atoms with Gasteiger partial charge in [-0.2, -0.15) is 0 Å². The Kier molecular flexibility index (Phi) is 2.93. The monoisotopic (exact) mass is 202 g/mol. The molecule has 0 aliphatic heterocycles. The van der Waals surface area contributed by atoms with Crippen LogP contribution in [0.5, 0.6) is 0 Å². The van der Waals surface area contributed by atoms with E-state index in [0.29, 0.717) is 0 Å². The first-order chi connectivity index (χ1) is 4.88. The summed E-state index contributed by atoms with van der Waals surface area (Å²) in [4.78, 5) is 4.21. The van der Waals surface area contributed by atoms with Gasteiger partial charge in [0.15, 0.2) is 0 Å². The molecule has 1 aromatic rings. The van der Waals surface area contributed by atoms with E-state index in [4.69, 9.17) is 0 Å². The molecule has 1 heterocycles. The summed E-state index contributed by atoms with van der Waals surface area (Å²) in [6.07, 6.45) is 4.88. The molecule has 56 valence electrons. The molecule has 0 saturated carbocycles. The van der Waals surface area contributed by atoms with Crippen molar-refractivity contribution in [3.63, 3.8) is 0 Å². The van der Waals surface area contributed by atoms with Gasteiger partial charge in [0.1, 0.15) is 5.82 Å². The number of aromatic nitrogens is 2. The second-order valence-corrected chi connectivity index (χ2v) is 2.86. The molecule has 0 aromatic carbocycles. The molecule has 0 fully saturated rings. The van der Waals surface area contributed by atoms with Crippen LogP contribution in [0, 0.1) is 0 Å². The lowest BCUT2D eigenvalue weighted by molar-refractivity contribution is 0.708. The highest BCUT2D eigenvalue weighted by atomic mass is 79.9. The third kappa shape index (κ3) is 1.59. The molecule has 0 N–H and O–H groups in total. The minimum atomic E-state index is 0.990. The Morgan fingerprint density at radius 1 is 1.70 bits per heavy atom. The summed E-state index contributed by atoms with van der Waals surface area (Å²) < 4.78 is 2.15. The average molecular weight is 203 g/mol. The van der Waals surface area contributed by atoms with Crippen molar-refractivity contribution in [3.05, 3.63) is 18.2 Å². The fourth-order valence-corrected chi connectivity index (χ4v) is 1.30. The molecule has 0 radical (unpaired) electrons. The third-order valence-corrected chi connectivity index (χ3v) is 1.86. The summed E-state index contributed by atoms with van der Waals surface area (Å²) in [7, 11) is 0. The standard InChI is InChI=1S/C7H11BrN2/c1-2-10-6-5-9-7(10)3-4-8/h5-6H,2-4H2,1H3. The van der Waals surface area contributed by atoms with Gasteiger partial charge in [0.25, 0.3) is 0 Å². The van der Waals surface area contributed by atoms with Gasteiger partial charge in [0.05, 0.1) is 0 Å². The van der Waals surface area contributed by atoms with Crippen molar-refractivity contribution in [2.45, 2.75) is 19.9 Å². The van der Waals surface area contributed by atoms with E-state index in [-0.39, 0.29) is 0 Å². The molecule has 1 aromatic heterocycles. The predicted octanol–water partition coefficient (Wildman–Crippen LogP) is 1.84. The lowest BCUT2D eigenvalue weighted by Gasteiger charge is -2.00. The first kappa shape index (κ1) is 7.79. The average Bonchev–Trinajstić information content (AvgIpc) is 2.36. The van der Waals surface area contributed by atoms with Gasteiger partial charge in [0, 0.05) is 30.7 Å².